The number of carbonyl (C=O) groups is 2. The van der Waals surface area contributed by atoms with Gasteiger partial charge in [-0.1, -0.05) is 19.1 Å². The van der Waals surface area contributed by atoms with Crippen molar-refractivity contribution < 1.29 is 9.59 Å². The molecule has 3 atom stereocenters. The molecule has 0 spiro atoms. The molecular formula is C11H17NO2. The third-order valence-corrected chi connectivity index (χ3v) is 2.71. The van der Waals surface area contributed by atoms with Crippen molar-refractivity contribution in [2.45, 2.75) is 39.8 Å². The predicted octanol–water partition coefficient (Wildman–Crippen LogP) is 1.39. The van der Waals surface area contributed by atoms with Crippen LogP contribution < -0.4 is 0 Å². The van der Waals surface area contributed by atoms with Gasteiger partial charge in [-0.3, -0.25) is 9.59 Å². The van der Waals surface area contributed by atoms with Gasteiger partial charge in [-0.25, -0.2) is 0 Å². The van der Waals surface area contributed by atoms with Crippen LogP contribution in [0, 0.1) is 5.92 Å². The maximum Gasteiger partial charge on any atom is 0.220 e. The van der Waals surface area contributed by atoms with Crippen molar-refractivity contribution in [3.05, 3.63) is 12.2 Å². The number of Topliss-reactive ketones (excluding diaryl/α,β-unsaturated/α-hetero) is 1. The predicted molar refractivity (Wildman–Crippen MR) is 54.8 cm³/mol. The van der Waals surface area contributed by atoms with Crippen LogP contribution in [0.3, 0.4) is 0 Å². The number of hydrogen-bond acceptors (Lipinski definition) is 2. The Hall–Kier alpha value is -1.12. The Balaban J connectivity index is 3.02. The fraction of sp³-hybridized carbons (Fsp3) is 0.636. The summed E-state index contributed by atoms with van der Waals surface area (Å²) in [6, 6.07) is -0.259. The molecule has 0 unspecified atom stereocenters. The lowest BCUT2D eigenvalue weighted by Crippen LogP contribution is -2.52. The molecule has 0 radical (unpaired) electrons. The average Bonchev–Trinajstić information content (AvgIpc) is 2.07. The lowest BCUT2D eigenvalue weighted by atomic mass is 9.90. The molecule has 0 saturated carbocycles. The van der Waals surface area contributed by atoms with Gasteiger partial charge in [-0.05, 0) is 13.8 Å². The summed E-state index contributed by atoms with van der Waals surface area (Å²) in [6.45, 7) is 6.95. The summed E-state index contributed by atoms with van der Waals surface area (Å²) in [5, 5.41) is 0. The molecule has 0 saturated heterocycles. The summed E-state index contributed by atoms with van der Waals surface area (Å²) in [7, 11) is 0. The molecule has 0 N–H and O–H groups in total. The smallest absolute Gasteiger partial charge is 0.220 e. The minimum absolute atomic E-state index is 0.0256. The Morgan fingerprint density at radius 1 is 1.14 bits per heavy atom. The van der Waals surface area contributed by atoms with E-state index in [1.165, 1.54) is 6.92 Å². The van der Waals surface area contributed by atoms with Crippen LogP contribution in [0.15, 0.2) is 12.2 Å². The van der Waals surface area contributed by atoms with Crippen molar-refractivity contribution in [3.8, 4) is 0 Å². The van der Waals surface area contributed by atoms with E-state index in [4.69, 9.17) is 0 Å². The second-order valence-corrected chi connectivity index (χ2v) is 3.97. The molecule has 1 amide bonds. The number of ketones is 1. The highest BCUT2D eigenvalue weighted by atomic mass is 16.2. The van der Waals surface area contributed by atoms with Crippen LogP contribution in [0.4, 0.5) is 0 Å². The number of amides is 1. The second-order valence-electron chi connectivity index (χ2n) is 3.97. The van der Waals surface area contributed by atoms with E-state index in [1.54, 1.807) is 11.8 Å². The summed E-state index contributed by atoms with van der Waals surface area (Å²) >= 11 is 0. The zero-order valence-corrected chi connectivity index (χ0v) is 9.15. The molecule has 1 heterocycles. The Kier molecular flexibility index (Phi) is 3.09. The molecule has 1 rings (SSSR count). The van der Waals surface area contributed by atoms with Gasteiger partial charge in [0.1, 0.15) is 0 Å². The van der Waals surface area contributed by atoms with E-state index in [0.29, 0.717) is 0 Å². The standard InChI is InChI=1S/C11H17NO2/c1-7-5-6-8(2)12(10(4)14)11(7)9(3)13/h5-8,11H,1-4H3/t7-,8+,11+/m1/s1. The molecule has 0 aromatic carbocycles. The molecule has 0 aliphatic carbocycles. The normalized spacial score (nSPS) is 31.7. The van der Waals surface area contributed by atoms with E-state index in [1.807, 2.05) is 26.0 Å². The molecule has 1 aliphatic heterocycles. The maximum atomic E-state index is 11.4. The van der Waals surface area contributed by atoms with Gasteiger partial charge in [-0.2, -0.15) is 0 Å². The van der Waals surface area contributed by atoms with Crippen molar-refractivity contribution in [2.75, 3.05) is 0 Å². The molecular weight excluding hydrogens is 178 g/mol. The van der Waals surface area contributed by atoms with Crippen molar-refractivity contribution in [2.24, 2.45) is 5.92 Å². The van der Waals surface area contributed by atoms with Gasteiger partial charge in [-0.15, -0.1) is 0 Å². The van der Waals surface area contributed by atoms with Crippen LogP contribution in [-0.4, -0.2) is 28.7 Å². The first-order chi connectivity index (χ1) is 6.45. The lowest BCUT2D eigenvalue weighted by molar-refractivity contribution is -0.140. The van der Waals surface area contributed by atoms with Gasteiger partial charge in [0.2, 0.25) is 5.91 Å². The Bertz CT molecular complexity index is 255. The molecule has 0 fully saturated rings. The number of carbonyl (C=O) groups excluding carboxylic acids is 2. The maximum absolute atomic E-state index is 11.4. The van der Waals surface area contributed by atoms with Crippen LogP contribution in [0.5, 0.6) is 0 Å². The largest absolute Gasteiger partial charge is 0.326 e. The summed E-state index contributed by atoms with van der Waals surface area (Å²) in [4.78, 5) is 24.5. The molecule has 1 aliphatic rings. The monoisotopic (exact) mass is 195 g/mol. The first-order valence-electron chi connectivity index (χ1n) is 4.92. The van der Waals surface area contributed by atoms with Crippen molar-refractivity contribution in [1.29, 1.82) is 0 Å². The van der Waals surface area contributed by atoms with Gasteiger partial charge in [0, 0.05) is 18.9 Å². The first-order valence-corrected chi connectivity index (χ1v) is 4.92. The SMILES string of the molecule is CC(=O)[C@@H]1[C@H](C)C=C[C@H](C)N1C(C)=O. The van der Waals surface area contributed by atoms with Gasteiger partial charge >= 0.3 is 0 Å². The lowest BCUT2D eigenvalue weighted by Gasteiger charge is -2.39. The minimum atomic E-state index is -0.285. The number of rotatable bonds is 1. The van der Waals surface area contributed by atoms with Crippen molar-refractivity contribution in [1.82, 2.24) is 4.90 Å². The van der Waals surface area contributed by atoms with E-state index < -0.39 is 0 Å². The summed E-state index contributed by atoms with van der Waals surface area (Å²) < 4.78 is 0. The van der Waals surface area contributed by atoms with Gasteiger partial charge < -0.3 is 4.90 Å². The zero-order valence-electron chi connectivity index (χ0n) is 9.15. The average molecular weight is 195 g/mol. The minimum Gasteiger partial charge on any atom is -0.326 e. The molecule has 3 nitrogen and oxygen atoms in total. The van der Waals surface area contributed by atoms with Gasteiger partial charge in [0.05, 0.1) is 6.04 Å². The molecule has 0 aromatic rings. The zero-order chi connectivity index (χ0) is 10.9. The highest BCUT2D eigenvalue weighted by Gasteiger charge is 2.34. The van der Waals surface area contributed by atoms with E-state index in [9.17, 15) is 9.59 Å². The molecule has 3 heteroatoms. The second kappa shape index (κ2) is 3.95. The summed E-state index contributed by atoms with van der Waals surface area (Å²) in [6.07, 6.45) is 3.99. The van der Waals surface area contributed by atoms with E-state index in [-0.39, 0.29) is 29.7 Å². The van der Waals surface area contributed by atoms with E-state index in [2.05, 4.69) is 0 Å². The molecule has 0 bridgehead atoms. The van der Waals surface area contributed by atoms with E-state index in [0.717, 1.165) is 0 Å². The van der Waals surface area contributed by atoms with Crippen LogP contribution in [0.1, 0.15) is 27.7 Å². The summed E-state index contributed by atoms with van der Waals surface area (Å²) in [5.41, 5.74) is 0. The highest BCUT2D eigenvalue weighted by molar-refractivity contribution is 5.87. The third-order valence-electron chi connectivity index (χ3n) is 2.71. The van der Waals surface area contributed by atoms with Crippen LogP contribution in [-0.2, 0) is 9.59 Å². The van der Waals surface area contributed by atoms with Crippen molar-refractivity contribution >= 4 is 11.7 Å². The molecule has 78 valence electrons. The summed E-state index contributed by atoms with van der Waals surface area (Å²) in [5.74, 6) is 0.144. The molecule has 0 aromatic heterocycles. The van der Waals surface area contributed by atoms with Gasteiger partial charge in [0.25, 0.3) is 0 Å². The number of hydrogen-bond donors (Lipinski definition) is 0. The van der Waals surface area contributed by atoms with E-state index >= 15 is 0 Å². The van der Waals surface area contributed by atoms with Crippen LogP contribution in [0.25, 0.3) is 0 Å². The van der Waals surface area contributed by atoms with Gasteiger partial charge in [0.15, 0.2) is 5.78 Å². The Labute approximate surface area is 84.8 Å². The fourth-order valence-electron chi connectivity index (χ4n) is 2.09. The van der Waals surface area contributed by atoms with Crippen LogP contribution in [0.2, 0.25) is 0 Å². The fourth-order valence-corrected chi connectivity index (χ4v) is 2.09. The third kappa shape index (κ3) is 1.86. The first kappa shape index (κ1) is 11.0. The Morgan fingerprint density at radius 2 is 1.71 bits per heavy atom. The number of nitrogens with zero attached hydrogens (tertiary/aromatic N) is 1. The van der Waals surface area contributed by atoms with Crippen molar-refractivity contribution in [3.63, 3.8) is 0 Å². The quantitative estimate of drug-likeness (QED) is 0.593. The highest BCUT2D eigenvalue weighted by Crippen LogP contribution is 2.22. The molecule has 14 heavy (non-hydrogen) atoms. The Morgan fingerprint density at radius 3 is 2.07 bits per heavy atom. The van der Waals surface area contributed by atoms with Crippen LogP contribution >= 0.6 is 0 Å². The topological polar surface area (TPSA) is 37.4 Å².